The zero-order chi connectivity index (χ0) is 16.4. The van der Waals surface area contributed by atoms with Crippen molar-refractivity contribution in [2.45, 2.75) is 25.3 Å². The second-order valence-corrected chi connectivity index (χ2v) is 6.39. The summed E-state index contributed by atoms with van der Waals surface area (Å²) in [4.78, 5) is 12.2. The number of halogens is 2. The molecule has 2 unspecified atom stereocenters. The summed E-state index contributed by atoms with van der Waals surface area (Å²) in [7, 11) is 0. The molecule has 0 spiro atoms. The van der Waals surface area contributed by atoms with Crippen LogP contribution in [0.25, 0.3) is 0 Å². The highest BCUT2D eigenvalue weighted by molar-refractivity contribution is 6.31. The zero-order valence-corrected chi connectivity index (χ0v) is 14.2. The predicted octanol–water partition coefficient (Wildman–Crippen LogP) is 4.87. The maximum atomic E-state index is 12.2. The van der Waals surface area contributed by atoms with Gasteiger partial charge in [-0.15, -0.1) is 0 Å². The highest BCUT2D eigenvalue weighted by Crippen LogP contribution is 2.40. The van der Waals surface area contributed by atoms with Crippen molar-refractivity contribution in [3.05, 3.63) is 63.6 Å². The lowest BCUT2D eigenvalue weighted by molar-refractivity contribution is -0.144. The van der Waals surface area contributed by atoms with E-state index in [0.717, 1.165) is 16.8 Å². The Bertz CT molecular complexity index is 715. The summed E-state index contributed by atoms with van der Waals surface area (Å²) < 4.78 is 5.17. The highest BCUT2D eigenvalue weighted by Gasteiger charge is 2.32. The van der Waals surface area contributed by atoms with Crippen LogP contribution in [0.3, 0.4) is 0 Å². The first kappa shape index (κ1) is 16.2. The largest absolute Gasteiger partial charge is 0.464 e. The first-order valence-corrected chi connectivity index (χ1v) is 8.32. The topological polar surface area (TPSA) is 38.3 Å². The number of carbonyl (C=O) groups is 1. The van der Waals surface area contributed by atoms with Crippen LogP contribution in [0.2, 0.25) is 10.0 Å². The summed E-state index contributed by atoms with van der Waals surface area (Å²) in [6.45, 7) is 2.18. The molecule has 5 heteroatoms. The molecule has 2 aromatic rings. The van der Waals surface area contributed by atoms with Gasteiger partial charge < -0.3 is 10.1 Å². The van der Waals surface area contributed by atoms with Crippen molar-refractivity contribution in [1.82, 2.24) is 0 Å². The Morgan fingerprint density at radius 3 is 2.57 bits per heavy atom. The van der Waals surface area contributed by atoms with E-state index >= 15 is 0 Å². The minimum Gasteiger partial charge on any atom is -0.464 e. The molecule has 2 aromatic carbocycles. The number of esters is 1. The van der Waals surface area contributed by atoms with Crippen LogP contribution in [0, 0.1) is 0 Å². The van der Waals surface area contributed by atoms with Gasteiger partial charge >= 0.3 is 5.97 Å². The van der Waals surface area contributed by atoms with E-state index in [1.165, 1.54) is 0 Å². The Morgan fingerprint density at radius 2 is 1.87 bits per heavy atom. The van der Waals surface area contributed by atoms with Crippen LogP contribution in [0.15, 0.2) is 42.5 Å². The third-order valence-electron chi connectivity index (χ3n) is 4.03. The summed E-state index contributed by atoms with van der Waals surface area (Å²) in [6.07, 6.45) is 0.619. The number of benzene rings is 2. The summed E-state index contributed by atoms with van der Waals surface area (Å²) in [5, 5.41) is 4.63. The van der Waals surface area contributed by atoms with Crippen LogP contribution in [-0.4, -0.2) is 18.6 Å². The maximum Gasteiger partial charge on any atom is 0.328 e. The van der Waals surface area contributed by atoms with Crippen molar-refractivity contribution in [2.24, 2.45) is 0 Å². The highest BCUT2D eigenvalue weighted by atomic mass is 35.5. The van der Waals surface area contributed by atoms with Gasteiger partial charge in [-0.1, -0.05) is 35.3 Å². The molecule has 1 heterocycles. The van der Waals surface area contributed by atoms with Crippen LogP contribution in [0.4, 0.5) is 5.69 Å². The second-order valence-electron chi connectivity index (χ2n) is 5.52. The second kappa shape index (κ2) is 6.81. The lowest BCUT2D eigenvalue weighted by atomic mass is 9.82. The van der Waals surface area contributed by atoms with Crippen molar-refractivity contribution in [3.8, 4) is 0 Å². The van der Waals surface area contributed by atoms with Gasteiger partial charge in [-0.2, -0.15) is 0 Å². The lowest BCUT2D eigenvalue weighted by Crippen LogP contribution is -2.36. The van der Waals surface area contributed by atoms with E-state index in [-0.39, 0.29) is 17.9 Å². The van der Waals surface area contributed by atoms with Gasteiger partial charge in [0.2, 0.25) is 0 Å². The Labute approximate surface area is 145 Å². The van der Waals surface area contributed by atoms with Gasteiger partial charge in [0.05, 0.1) is 6.61 Å². The van der Waals surface area contributed by atoms with Crippen molar-refractivity contribution in [1.29, 1.82) is 0 Å². The van der Waals surface area contributed by atoms with Gasteiger partial charge in [0, 0.05) is 21.7 Å². The van der Waals surface area contributed by atoms with Crippen LogP contribution in [-0.2, 0) is 9.53 Å². The maximum absolute atomic E-state index is 12.2. The Hall–Kier alpha value is -1.71. The van der Waals surface area contributed by atoms with Gasteiger partial charge in [0.1, 0.15) is 6.04 Å². The lowest BCUT2D eigenvalue weighted by Gasteiger charge is -2.32. The normalized spacial score (nSPS) is 19.6. The number of hydrogen-bond acceptors (Lipinski definition) is 3. The van der Waals surface area contributed by atoms with E-state index < -0.39 is 0 Å². The Balaban J connectivity index is 2.00. The molecule has 0 bridgehead atoms. The summed E-state index contributed by atoms with van der Waals surface area (Å²) in [5.74, 6) is -0.163. The fourth-order valence-corrected chi connectivity index (χ4v) is 3.28. The minimum atomic E-state index is -0.371. The number of carbonyl (C=O) groups excluding carboxylic acids is 1. The summed E-state index contributed by atoms with van der Waals surface area (Å²) >= 11 is 12.2. The average Bonchev–Trinajstić information content (AvgIpc) is 2.55. The molecule has 0 aromatic heterocycles. The third-order valence-corrected chi connectivity index (χ3v) is 4.52. The minimum absolute atomic E-state index is 0.0663. The van der Waals surface area contributed by atoms with Gasteiger partial charge in [0.25, 0.3) is 0 Å². The molecule has 0 fully saturated rings. The van der Waals surface area contributed by atoms with E-state index in [4.69, 9.17) is 27.9 Å². The quantitative estimate of drug-likeness (QED) is 0.803. The SMILES string of the molecule is CCOC(=O)C1CC(c2ccc(Cl)cc2)c2cc(Cl)ccc2N1. The smallest absolute Gasteiger partial charge is 0.328 e. The number of fused-ring (bicyclic) bond motifs is 1. The number of nitrogens with one attached hydrogen (secondary N) is 1. The van der Waals surface area contributed by atoms with E-state index in [0.29, 0.717) is 23.1 Å². The summed E-state index contributed by atoms with van der Waals surface area (Å²) in [5.41, 5.74) is 3.10. The fraction of sp³-hybridized carbons (Fsp3) is 0.278. The first-order chi connectivity index (χ1) is 11.1. The third kappa shape index (κ3) is 3.46. The van der Waals surface area contributed by atoms with Crippen LogP contribution in [0.5, 0.6) is 0 Å². The van der Waals surface area contributed by atoms with Gasteiger partial charge in [0.15, 0.2) is 0 Å². The molecule has 1 aliphatic rings. The van der Waals surface area contributed by atoms with E-state index in [2.05, 4.69) is 5.32 Å². The molecule has 2 atom stereocenters. The number of rotatable bonds is 3. The van der Waals surface area contributed by atoms with Gasteiger partial charge in [-0.3, -0.25) is 0 Å². The van der Waals surface area contributed by atoms with Crippen molar-refractivity contribution in [2.75, 3.05) is 11.9 Å². The number of hydrogen-bond donors (Lipinski definition) is 1. The Kier molecular flexibility index (Phi) is 4.79. The van der Waals surface area contributed by atoms with Gasteiger partial charge in [-0.25, -0.2) is 4.79 Å². The fourth-order valence-electron chi connectivity index (χ4n) is 2.97. The van der Waals surface area contributed by atoms with Crippen LogP contribution < -0.4 is 5.32 Å². The molecular formula is C18H17Cl2NO2. The average molecular weight is 350 g/mol. The molecule has 3 rings (SSSR count). The molecule has 120 valence electrons. The molecular weight excluding hydrogens is 333 g/mol. The van der Waals surface area contributed by atoms with E-state index in [1.54, 1.807) is 0 Å². The number of anilines is 1. The zero-order valence-electron chi connectivity index (χ0n) is 12.7. The van der Waals surface area contributed by atoms with Crippen LogP contribution >= 0.6 is 23.2 Å². The molecule has 23 heavy (non-hydrogen) atoms. The standard InChI is InChI=1S/C18H17Cl2NO2/c1-2-23-18(22)17-10-14(11-3-5-12(19)6-4-11)15-9-13(20)7-8-16(15)21-17/h3-9,14,17,21H,2,10H2,1H3. The van der Waals surface area contributed by atoms with Gasteiger partial charge in [-0.05, 0) is 54.8 Å². The van der Waals surface area contributed by atoms with E-state index in [9.17, 15) is 4.79 Å². The molecule has 1 aliphatic heterocycles. The van der Waals surface area contributed by atoms with Crippen molar-refractivity contribution < 1.29 is 9.53 Å². The molecule has 3 nitrogen and oxygen atoms in total. The first-order valence-electron chi connectivity index (χ1n) is 7.56. The monoisotopic (exact) mass is 349 g/mol. The molecule has 0 saturated heterocycles. The Morgan fingerprint density at radius 1 is 1.17 bits per heavy atom. The summed E-state index contributed by atoms with van der Waals surface area (Å²) in [6, 6.07) is 13.0. The molecule has 0 radical (unpaired) electrons. The number of ether oxygens (including phenoxy) is 1. The van der Waals surface area contributed by atoms with Crippen molar-refractivity contribution in [3.63, 3.8) is 0 Å². The molecule has 1 N–H and O–H groups in total. The molecule has 0 amide bonds. The van der Waals surface area contributed by atoms with Crippen molar-refractivity contribution >= 4 is 34.9 Å². The molecule has 0 saturated carbocycles. The van der Waals surface area contributed by atoms with E-state index in [1.807, 2.05) is 49.4 Å². The van der Waals surface area contributed by atoms with Crippen LogP contribution in [0.1, 0.15) is 30.4 Å². The predicted molar refractivity (Wildman–Crippen MR) is 93.4 cm³/mol. The molecule has 0 aliphatic carbocycles.